The van der Waals surface area contributed by atoms with Crippen LogP contribution in [0.3, 0.4) is 0 Å². The zero-order chi connectivity index (χ0) is 14.9. The van der Waals surface area contributed by atoms with Gasteiger partial charge in [0, 0.05) is 19.1 Å². The number of carbonyl (C=O) groups excluding carboxylic acids is 1. The van der Waals surface area contributed by atoms with Crippen LogP contribution in [0.25, 0.3) is 0 Å². The van der Waals surface area contributed by atoms with E-state index in [4.69, 9.17) is 0 Å². The highest BCUT2D eigenvalue weighted by molar-refractivity contribution is 5.83. The Morgan fingerprint density at radius 2 is 2.29 bits per heavy atom. The maximum Gasteiger partial charge on any atom is 0.230 e. The summed E-state index contributed by atoms with van der Waals surface area (Å²) in [6.07, 6.45) is 4.13. The van der Waals surface area contributed by atoms with Crippen molar-refractivity contribution >= 4 is 5.91 Å². The van der Waals surface area contributed by atoms with Gasteiger partial charge in [-0.05, 0) is 56.8 Å². The molecule has 1 saturated heterocycles. The van der Waals surface area contributed by atoms with E-state index in [1.807, 2.05) is 11.0 Å². The van der Waals surface area contributed by atoms with Gasteiger partial charge in [-0.2, -0.15) is 0 Å². The molecule has 1 aliphatic heterocycles. The van der Waals surface area contributed by atoms with Crippen molar-refractivity contribution in [3.05, 3.63) is 35.6 Å². The minimum absolute atomic E-state index is 0.224. The maximum atomic E-state index is 13.4. The van der Waals surface area contributed by atoms with Gasteiger partial charge in [-0.25, -0.2) is 4.39 Å². The molecule has 0 spiro atoms. The van der Waals surface area contributed by atoms with Crippen LogP contribution in [0.2, 0.25) is 0 Å². The topological polar surface area (TPSA) is 32.3 Å². The Bertz CT molecular complexity index is 521. The molecule has 1 unspecified atom stereocenters. The zero-order valence-electron chi connectivity index (χ0n) is 12.6. The van der Waals surface area contributed by atoms with Gasteiger partial charge in [0.15, 0.2) is 0 Å². The van der Waals surface area contributed by atoms with Crippen molar-refractivity contribution in [3.63, 3.8) is 0 Å². The third-order valence-electron chi connectivity index (χ3n) is 4.60. The summed E-state index contributed by atoms with van der Waals surface area (Å²) in [7, 11) is 0. The molecule has 21 heavy (non-hydrogen) atoms. The van der Waals surface area contributed by atoms with Gasteiger partial charge in [-0.3, -0.25) is 4.79 Å². The Labute approximate surface area is 125 Å². The number of carbonyl (C=O) groups is 1. The van der Waals surface area contributed by atoms with Crippen molar-refractivity contribution in [1.29, 1.82) is 0 Å². The van der Waals surface area contributed by atoms with Gasteiger partial charge in [0.1, 0.15) is 5.82 Å². The summed E-state index contributed by atoms with van der Waals surface area (Å²) in [4.78, 5) is 15.0. The van der Waals surface area contributed by atoms with E-state index in [0.29, 0.717) is 12.6 Å². The number of piperidine rings is 1. The minimum Gasteiger partial charge on any atom is -0.335 e. The maximum absolute atomic E-state index is 13.4. The van der Waals surface area contributed by atoms with E-state index in [1.54, 1.807) is 6.07 Å². The SMILES string of the molecule is CC1(C(=O)N(Cc2cccc(F)c2)C2CC2)CCCNC1. The molecule has 1 amide bonds. The van der Waals surface area contributed by atoms with E-state index < -0.39 is 0 Å². The van der Waals surface area contributed by atoms with E-state index >= 15 is 0 Å². The number of amides is 1. The van der Waals surface area contributed by atoms with Gasteiger partial charge in [0.25, 0.3) is 0 Å². The highest BCUT2D eigenvalue weighted by Gasteiger charge is 2.42. The molecular weight excluding hydrogens is 267 g/mol. The number of nitrogens with one attached hydrogen (secondary N) is 1. The zero-order valence-corrected chi connectivity index (χ0v) is 12.6. The second-order valence-corrected chi connectivity index (χ2v) is 6.64. The third kappa shape index (κ3) is 3.26. The predicted molar refractivity (Wildman–Crippen MR) is 80.2 cm³/mol. The lowest BCUT2D eigenvalue weighted by atomic mass is 9.81. The fraction of sp³-hybridized carbons (Fsp3) is 0.588. The fourth-order valence-corrected chi connectivity index (χ4v) is 3.17. The number of hydrogen-bond donors (Lipinski definition) is 1. The predicted octanol–water partition coefficient (Wildman–Crippen LogP) is 2.71. The lowest BCUT2D eigenvalue weighted by molar-refractivity contribution is -0.143. The lowest BCUT2D eigenvalue weighted by Gasteiger charge is -2.37. The molecule has 1 aromatic carbocycles. The number of rotatable bonds is 4. The molecule has 4 heteroatoms. The first-order chi connectivity index (χ1) is 10.1. The normalized spacial score (nSPS) is 25.6. The van der Waals surface area contributed by atoms with Gasteiger partial charge in [0.05, 0.1) is 5.41 Å². The van der Waals surface area contributed by atoms with Crippen LogP contribution in [0.4, 0.5) is 4.39 Å². The molecule has 3 nitrogen and oxygen atoms in total. The van der Waals surface area contributed by atoms with E-state index in [9.17, 15) is 9.18 Å². The summed E-state index contributed by atoms with van der Waals surface area (Å²) in [5, 5.41) is 3.34. The molecular formula is C17H23FN2O. The Kier molecular flexibility index (Phi) is 3.98. The van der Waals surface area contributed by atoms with Gasteiger partial charge in [0.2, 0.25) is 5.91 Å². The number of nitrogens with zero attached hydrogens (tertiary/aromatic N) is 1. The van der Waals surface area contributed by atoms with Crippen molar-refractivity contribution < 1.29 is 9.18 Å². The van der Waals surface area contributed by atoms with Crippen molar-refractivity contribution in [3.8, 4) is 0 Å². The molecule has 3 rings (SSSR count). The second kappa shape index (κ2) is 5.76. The Balaban J connectivity index is 1.76. The van der Waals surface area contributed by atoms with Gasteiger partial charge in [-0.15, -0.1) is 0 Å². The Morgan fingerprint density at radius 3 is 2.90 bits per heavy atom. The van der Waals surface area contributed by atoms with Crippen molar-refractivity contribution in [1.82, 2.24) is 10.2 Å². The molecule has 1 N–H and O–H groups in total. The molecule has 2 fully saturated rings. The van der Waals surface area contributed by atoms with Crippen LogP contribution in [-0.2, 0) is 11.3 Å². The lowest BCUT2D eigenvalue weighted by Crippen LogP contribution is -2.50. The molecule has 0 aromatic heterocycles. The van der Waals surface area contributed by atoms with E-state index in [0.717, 1.165) is 44.3 Å². The highest BCUT2D eigenvalue weighted by atomic mass is 19.1. The number of halogens is 1. The van der Waals surface area contributed by atoms with E-state index in [1.165, 1.54) is 12.1 Å². The molecule has 2 aliphatic rings. The van der Waals surface area contributed by atoms with E-state index in [2.05, 4.69) is 12.2 Å². The Hall–Kier alpha value is -1.42. The minimum atomic E-state index is -0.311. The number of benzene rings is 1. The monoisotopic (exact) mass is 290 g/mol. The summed E-state index contributed by atoms with van der Waals surface area (Å²) in [5.74, 6) is -0.0114. The van der Waals surface area contributed by atoms with Crippen LogP contribution in [-0.4, -0.2) is 29.9 Å². The molecule has 114 valence electrons. The highest BCUT2D eigenvalue weighted by Crippen LogP contribution is 2.35. The van der Waals surface area contributed by atoms with Crippen LogP contribution in [0.5, 0.6) is 0 Å². The summed E-state index contributed by atoms with van der Waals surface area (Å²) >= 11 is 0. The van der Waals surface area contributed by atoms with Gasteiger partial charge in [-0.1, -0.05) is 12.1 Å². The fourth-order valence-electron chi connectivity index (χ4n) is 3.17. The summed E-state index contributed by atoms with van der Waals surface area (Å²) < 4.78 is 13.4. The number of hydrogen-bond acceptors (Lipinski definition) is 2. The van der Waals surface area contributed by atoms with Crippen LogP contribution in [0.15, 0.2) is 24.3 Å². The van der Waals surface area contributed by atoms with Crippen LogP contribution < -0.4 is 5.32 Å². The molecule has 1 heterocycles. The standard InChI is InChI=1S/C17H23FN2O/c1-17(8-3-9-19-12-17)16(21)20(15-6-7-15)11-13-4-2-5-14(18)10-13/h2,4-5,10,15,19H,3,6-9,11-12H2,1H3. The van der Waals surface area contributed by atoms with Crippen LogP contribution >= 0.6 is 0 Å². The van der Waals surface area contributed by atoms with Gasteiger partial charge >= 0.3 is 0 Å². The average molecular weight is 290 g/mol. The van der Waals surface area contributed by atoms with Crippen molar-refractivity contribution in [2.24, 2.45) is 5.41 Å². The van der Waals surface area contributed by atoms with Crippen LogP contribution in [0, 0.1) is 11.2 Å². The quantitative estimate of drug-likeness (QED) is 0.924. The van der Waals surface area contributed by atoms with Crippen LogP contribution in [0.1, 0.15) is 38.2 Å². The first kappa shape index (κ1) is 14.5. The Morgan fingerprint density at radius 1 is 1.48 bits per heavy atom. The van der Waals surface area contributed by atoms with Crippen molar-refractivity contribution in [2.45, 2.75) is 45.2 Å². The van der Waals surface area contributed by atoms with Crippen molar-refractivity contribution in [2.75, 3.05) is 13.1 Å². The van der Waals surface area contributed by atoms with E-state index in [-0.39, 0.29) is 17.1 Å². The van der Waals surface area contributed by atoms with Gasteiger partial charge < -0.3 is 10.2 Å². The molecule has 1 aliphatic carbocycles. The molecule has 0 bridgehead atoms. The largest absolute Gasteiger partial charge is 0.335 e. The first-order valence-electron chi connectivity index (χ1n) is 7.85. The third-order valence-corrected chi connectivity index (χ3v) is 4.60. The molecule has 1 saturated carbocycles. The molecule has 1 atom stereocenters. The second-order valence-electron chi connectivity index (χ2n) is 6.64. The summed E-state index contributed by atoms with van der Waals surface area (Å²) in [6.45, 7) is 4.33. The first-order valence-corrected chi connectivity index (χ1v) is 7.85. The summed E-state index contributed by atoms with van der Waals surface area (Å²) in [6, 6.07) is 6.93. The summed E-state index contributed by atoms with van der Waals surface area (Å²) in [5.41, 5.74) is 0.566. The molecule has 1 aromatic rings. The smallest absolute Gasteiger partial charge is 0.230 e. The molecule has 0 radical (unpaired) electrons. The average Bonchev–Trinajstić information content (AvgIpc) is 3.29.